The van der Waals surface area contributed by atoms with Gasteiger partial charge in [-0.05, 0) is 0 Å². The van der Waals surface area contributed by atoms with Crippen LogP contribution in [-0.4, -0.2) is 74.8 Å². The van der Waals surface area contributed by atoms with Crippen LogP contribution in [0.1, 0.15) is 0 Å². The van der Waals surface area contributed by atoms with E-state index in [-0.39, 0.29) is 17.8 Å². The van der Waals surface area contributed by atoms with Crippen molar-refractivity contribution in [2.24, 2.45) is 0 Å². The summed E-state index contributed by atoms with van der Waals surface area (Å²) < 4.78 is 71.9. The van der Waals surface area contributed by atoms with Crippen LogP contribution >= 0.6 is 0 Å². The number of halogens is 6. The molecule has 30 nitrogen and oxygen atoms in total. The van der Waals surface area contributed by atoms with Crippen molar-refractivity contribution < 1.29 is 26.3 Å². The van der Waals surface area contributed by atoms with Crippen LogP contribution in [0.4, 0.5) is 44.2 Å². The Morgan fingerprint density at radius 2 is 0.413 bits per heavy atom. The summed E-state index contributed by atoms with van der Waals surface area (Å²) in [5, 5.41) is 0. The van der Waals surface area contributed by atoms with Crippen LogP contribution < -0.4 is 84.7 Å². The van der Waals surface area contributed by atoms with Crippen molar-refractivity contribution in [2.75, 3.05) is 17.2 Å². The van der Waals surface area contributed by atoms with Gasteiger partial charge in [-0.1, -0.05) is 0 Å². The first-order chi connectivity index (χ1) is 29.4. The van der Waals surface area contributed by atoms with Crippen molar-refractivity contribution in [1.82, 2.24) is 74.8 Å². The van der Waals surface area contributed by atoms with Crippen LogP contribution in [0.2, 0.25) is 0 Å². The van der Waals surface area contributed by atoms with Gasteiger partial charge in [0.05, 0.1) is 0 Å². The highest BCUT2D eigenvalue weighted by Crippen LogP contribution is 1.97. The zero-order chi connectivity index (χ0) is 48.0. The van der Waals surface area contributed by atoms with Gasteiger partial charge in [-0.2, -0.15) is 41.3 Å². The molecule has 36 heteroatoms. The summed E-state index contributed by atoms with van der Waals surface area (Å²) in [4.78, 5) is 154. The zero-order valence-electron chi connectivity index (χ0n) is 30.2. The van der Waals surface area contributed by atoms with E-state index in [9.17, 15) is 83.9 Å². The van der Waals surface area contributed by atoms with Gasteiger partial charge in [0.15, 0.2) is 0 Å². The molecule has 0 saturated heterocycles. The third-order valence-corrected chi connectivity index (χ3v) is 5.33. The lowest BCUT2D eigenvalue weighted by molar-refractivity contribution is 0.596. The summed E-state index contributed by atoms with van der Waals surface area (Å²) in [5.41, 5.74) is 5.16. The second-order valence-corrected chi connectivity index (χ2v) is 9.93. The van der Waals surface area contributed by atoms with Crippen molar-refractivity contribution >= 4 is 17.8 Å². The Morgan fingerprint density at radius 1 is 0.286 bits per heavy atom. The number of nitrogen functional groups attached to an aromatic ring is 3. The van der Waals surface area contributed by atoms with E-state index in [2.05, 4.69) is 15.0 Å². The second kappa shape index (κ2) is 24.8. The Balaban J connectivity index is 0.000000367. The summed E-state index contributed by atoms with van der Waals surface area (Å²) in [6.45, 7) is 0. The van der Waals surface area contributed by atoms with Crippen molar-refractivity contribution in [2.45, 2.75) is 0 Å². The number of aromatic amines is 12. The number of hydrogen-bond donors (Lipinski definition) is 15. The Labute approximate surface area is 333 Å². The minimum absolute atomic E-state index is 0.0417. The molecule has 0 aromatic carbocycles. The highest BCUT2D eigenvalue weighted by Gasteiger charge is 1.98. The maximum Gasteiger partial charge on any atom is 0.325 e. The minimum atomic E-state index is -1.00. The minimum Gasteiger partial charge on any atom is -0.368 e. The highest BCUT2D eigenvalue weighted by atomic mass is 19.1. The molecule has 0 bridgehead atoms. The molecule has 0 aliphatic carbocycles. The Morgan fingerprint density at radius 3 is 0.508 bits per heavy atom. The maximum atomic E-state index is 12.0. The van der Waals surface area contributed by atoms with Crippen molar-refractivity contribution in [1.29, 1.82) is 0 Å². The average molecular weight is 907 g/mol. The molecular weight excluding hydrogens is 882 g/mol. The first-order valence-electron chi connectivity index (χ1n) is 15.3. The predicted octanol–water partition coefficient (Wildman–Crippen LogP) is -6.17. The Hall–Kier alpha value is -9.93. The van der Waals surface area contributed by atoms with E-state index in [0.29, 0.717) is 37.2 Å². The molecule has 63 heavy (non-hydrogen) atoms. The molecule has 0 atom stereocenters. The molecule has 0 fully saturated rings. The largest absolute Gasteiger partial charge is 0.368 e. The fourth-order valence-corrected chi connectivity index (χ4v) is 2.79. The molecule has 0 radical (unpaired) electrons. The van der Waals surface area contributed by atoms with Crippen LogP contribution in [0.5, 0.6) is 0 Å². The summed E-state index contributed by atoms with van der Waals surface area (Å²) in [6.07, 6.45) is 4.26. The van der Waals surface area contributed by atoms with Gasteiger partial charge in [-0.15, -0.1) is 0 Å². The molecule has 7 aromatic rings. The van der Waals surface area contributed by atoms with E-state index in [1.807, 2.05) is 29.9 Å². The van der Waals surface area contributed by atoms with Crippen LogP contribution in [0.25, 0.3) is 0 Å². The Kier molecular flexibility index (Phi) is 20.1. The molecule has 18 N–H and O–H groups in total. The van der Waals surface area contributed by atoms with Crippen LogP contribution in [0.15, 0.2) is 94.7 Å². The lowest BCUT2D eigenvalue weighted by Gasteiger charge is -1.93. The van der Waals surface area contributed by atoms with Crippen molar-refractivity contribution in [3.05, 3.63) is 197 Å². The number of H-pyrrole nitrogens is 12. The van der Waals surface area contributed by atoms with Gasteiger partial charge in [-0.3, -0.25) is 58.7 Å². The smallest absolute Gasteiger partial charge is 0.325 e. The number of nitrogens with two attached hydrogens (primary N) is 3. The molecule has 7 rings (SSSR count). The standard InChI is InChI=1S/6C4H3FN2O2.C3H6N6/c6*5-2-1-6-4(9)7-3(2)8;4-1-7-2(5)9-3(6)8-1/h6*1H,(H2,6,7,8,9);(H6,4,5,6,7,8,9). The topological polar surface area (TPSA) is 511 Å². The van der Waals surface area contributed by atoms with Crippen molar-refractivity contribution in [3.8, 4) is 0 Å². The summed E-state index contributed by atoms with van der Waals surface area (Å²) in [5.74, 6) is -5.82. The third kappa shape index (κ3) is 20.4. The van der Waals surface area contributed by atoms with Gasteiger partial charge < -0.3 is 47.1 Å². The SMILES string of the molecule is Nc1nc(N)nc(N)n1.O=c1[nH]cc(F)c(=O)[nH]1.O=c1[nH]cc(F)c(=O)[nH]1.O=c1[nH]cc(F)c(=O)[nH]1.O=c1[nH]cc(F)c(=O)[nH]1.O=c1[nH]cc(F)c(=O)[nH]1.O=c1[nH]cc(F)c(=O)[nH]1. The number of aromatic nitrogens is 15. The van der Waals surface area contributed by atoms with E-state index in [4.69, 9.17) is 17.2 Å². The number of nitrogens with zero attached hydrogens (tertiary/aromatic N) is 3. The predicted molar refractivity (Wildman–Crippen MR) is 199 cm³/mol. The van der Waals surface area contributed by atoms with E-state index in [1.165, 1.54) is 0 Å². The Bertz CT molecular complexity index is 2780. The fourth-order valence-electron chi connectivity index (χ4n) is 2.79. The monoisotopic (exact) mass is 906 g/mol. The average Bonchev–Trinajstić information content (AvgIpc) is 3.19. The van der Waals surface area contributed by atoms with Gasteiger partial charge in [0.1, 0.15) is 0 Å². The quantitative estimate of drug-likeness (QED) is 0.0630. The van der Waals surface area contributed by atoms with E-state index < -0.39 is 102 Å². The lowest BCUT2D eigenvalue weighted by atomic mass is 10.6. The second-order valence-electron chi connectivity index (χ2n) is 9.93. The molecule has 0 aliphatic rings. The zero-order valence-corrected chi connectivity index (χ0v) is 30.2. The summed E-state index contributed by atoms with van der Waals surface area (Å²) in [7, 11) is 0. The highest BCUT2D eigenvalue weighted by molar-refractivity contribution is 5.33. The first kappa shape index (κ1) is 51.1. The van der Waals surface area contributed by atoms with Crippen LogP contribution in [0, 0.1) is 34.9 Å². The fraction of sp³-hybridized carbons (Fsp3) is 0. The molecule has 0 spiro atoms. The van der Waals surface area contributed by atoms with Crippen molar-refractivity contribution in [3.63, 3.8) is 0 Å². The van der Waals surface area contributed by atoms with Gasteiger partial charge in [0.25, 0.3) is 33.4 Å². The molecule has 7 aromatic heterocycles. The van der Waals surface area contributed by atoms with Gasteiger partial charge in [0.2, 0.25) is 52.7 Å². The van der Waals surface area contributed by atoms with Gasteiger partial charge in [0, 0.05) is 37.2 Å². The maximum absolute atomic E-state index is 12.0. The lowest BCUT2D eigenvalue weighted by Crippen LogP contribution is -2.23. The molecule has 0 aliphatic heterocycles. The van der Waals surface area contributed by atoms with Gasteiger partial charge in [-0.25, -0.2) is 28.8 Å². The molecular formula is C27H24F6N18O12. The van der Waals surface area contributed by atoms with Crippen LogP contribution in [0.3, 0.4) is 0 Å². The number of hydrogen-bond acceptors (Lipinski definition) is 18. The molecule has 0 amide bonds. The number of rotatable bonds is 0. The number of nitrogens with one attached hydrogen (secondary N) is 12. The molecule has 0 unspecified atom stereocenters. The van der Waals surface area contributed by atoms with Crippen LogP contribution in [-0.2, 0) is 0 Å². The number of anilines is 3. The molecule has 0 saturated carbocycles. The molecule has 7 heterocycles. The van der Waals surface area contributed by atoms with E-state index >= 15 is 0 Å². The third-order valence-electron chi connectivity index (χ3n) is 5.33. The van der Waals surface area contributed by atoms with E-state index in [1.54, 1.807) is 29.9 Å². The van der Waals surface area contributed by atoms with Gasteiger partial charge >= 0.3 is 34.1 Å². The molecule has 336 valence electrons. The first-order valence-corrected chi connectivity index (χ1v) is 15.3. The van der Waals surface area contributed by atoms with E-state index in [0.717, 1.165) is 0 Å². The summed E-state index contributed by atoms with van der Waals surface area (Å²) in [6, 6.07) is 0. The summed E-state index contributed by atoms with van der Waals surface area (Å²) >= 11 is 0. The normalized spacial score (nSPS) is 9.43.